The Bertz CT molecular complexity index is 29.6. The molecule has 0 rings (SSSR count). The van der Waals surface area contributed by atoms with E-state index in [-0.39, 0.29) is 21.7 Å². The van der Waals surface area contributed by atoms with Gasteiger partial charge in [-0.05, 0) is 13.8 Å². The number of ether oxygens (including phenoxy) is 2. The van der Waals surface area contributed by atoms with E-state index in [1.54, 1.807) is 0 Å². The van der Waals surface area contributed by atoms with E-state index in [1.807, 2.05) is 13.8 Å². The average molecular weight is 151 g/mol. The zero-order valence-corrected chi connectivity index (χ0v) is 6.87. The molecule has 8 heavy (non-hydrogen) atoms. The van der Waals surface area contributed by atoms with Gasteiger partial charge in [0.1, 0.15) is 0 Å². The summed E-state index contributed by atoms with van der Waals surface area (Å²) in [4.78, 5) is 0. The van der Waals surface area contributed by atoms with Gasteiger partial charge in [-0.15, -0.1) is 0 Å². The van der Waals surface area contributed by atoms with Crippen LogP contribution in [0.2, 0.25) is 0 Å². The summed E-state index contributed by atoms with van der Waals surface area (Å²) < 4.78 is 9.45. The fraction of sp³-hybridized carbons (Fsp3) is 0.800. The van der Waals surface area contributed by atoms with Gasteiger partial charge < -0.3 is 9.47 Å². The van der Waals surface area contributed by atoms with Crippen LogP contribution in [-0.4, -0.2) is 13.2 Å². The predicted octanol–water partition coefficient (Wildman–Crippen LogP) is 1.18. The Hall–Kier alpha value is 0.634. The monoisotopic (exact) mass is 151 g/mol. The van der Waals surface area contributed by atoms with Crippen molar-refractivity contribution in [3.8, 4) is 0 Å². The number of hydrogen-bond acceptors (Lipinski definition) is 2. The second-order valence-electron chi connectivity index (χ2n) is 1.01. The maximum atomic E-state index is 4.73. The molecule has 47 valence electrons. The fourth-order valence-corrected chi connectivity index (χ4v) is 0.184. The summed E-state index contributed by atoms with van der Waals surface area (Å²) in [5.41, 5.74) is 0. The summed E-state index contributed by atoms with van der Waals surface area (Å²) in [5, 5.41) is 0. The standard InChI is InChI=1S/C5H11O2.Ti/c1-3-6-5-7-4-2;/h5H,3-4H2,1-2H3;. The van der Waals surface area contributed by atoms with E-state index < -0.39 is 0 Å². The van der Waals surface area contributed by atoms with Crippen LogP contribution < -0.4 is 0 Å². The first kappa shape index (κ1) is 11.4. The molecule has 0 aromatic rings. The molecule has 1 radical (unpaired) electrons. The Morgan fingerprint density at radius 1 is 1.12 bits per heavy atom. The van der Waals surface area contributed by atoms with Gasteiger partial charge in [-0.1, -0.05) is 0 Å². The van der Waals surface area contributed by atoms with Crippen LogP contribution in [0.5, 0.6) is 0 Å². The third kappa shape index (κ3) is 9.81. The Balaban J connectivity index is 0. The van der Waals surface area contributed by atoms with E-state index in [0.717, 1.165) is 0 Å². The van der Waals surface area contributed by atoms with Crippen LogP contribution in [-0.2, 0) is 31.2 Å². The minimum Gasteiger partial charge on any atom is -0.348 e. The molecule has 3 heteroatoms. The van der Waals surface area contributed by atoms with Gasteiger partial charge in [-0.2, -0.15) is 0 Å². The van der Waals surface area contributed by atoms with Crippen molar-refractivity contribution in [1.82, 2.24) is 0 Å². The van der Waals surface area contributed by atoms with Gasteiger partial charge in [-0.25, -0.2) is 0 Å². The van der Waals surface area contributed by atoms with Crippen LogP contribution in [0.4, 0.5) is 0 Å². The van der Waals surface area contributed by atoms with Crippen LogP contribution >= 0.6 is 0 Å². The van der Waals surface area contributed by atoms with Gasteiger partial charge in [0.05, 0.1) is 0 Å². The van der Waals surface area contributed by atoms with Crippen molar-refractivity contribution in [2.75, 3.05) is 13.2 Å². The second-order valence-corrected chi connectivity index (χ2v) is 1.01. The molecule has 0 bridgehead atoms. The Morgan fingerprint density at radius 3 is 1.75 bits per heavy atom. The normalized spacial score (nSPS) is 8.25. The molecule has 0 aliphatic carbocycles. The van der Waals surface area contributed by atoms with E-state index >= 15 is 0 Å². The van der Waals surface area contributed by atoms with Gasteiger partial charge in [0.2, 0.25) is 6.79 Å². The summed E-state index contributed by atoms with van der Waals surface area (Å²) in [7, 11) is 0. The summed E-state index contributed by atoms with van der Waals surface area (Å²) >= 11 is 0. The molecule has 0 aromatic heterocycles. The Morgan fingerprint density at radius 2 is 1.50 bits per heavy atom. The number of hydrogen-bond donors (Lipinski definition) is 0. The first-order valence-electron chi connectivity index (χ1n) is 2.46. The van der Waals surface area contributed by atoms with Crippen LogP contribution in [0.25, 0.3) is 0 Å². The maximum absolute atomic E-state index is 4.73. The van der Waals surface area contributed by atoms with Gasteiger partial charge in [0, 0.05) is 34.9 Å². The van der Waals surface area contributed by atoms with E-state index in [4.69, 9.17) is 9.47 Å². The molecule has 0 amide bonds. The van der Waals surface area contributed by atoms with Crippen molar-refractivity contribution in [3.63, 3.8) is 0 Å². The Kier molecular flexibility index (Phi) is 15.1. The molecule has 0 saturated heterocycles. The minimum atomic E-state index is 0. The van der Waals surface area contributed by atoms with Gasteiger partial charge >= 0.3 is 0 Å². The summed E-state index contributed by atoms with van der Waals surface area (Å²) in [6, 6.07) is 0. The van der Waals surface area contributed by atoms with E-state index in [0.29, 0.717) is 13.2 Å². The van der Waals surface area contributed by atoms with Crippen LogP contribution in [0.3, 0.4) is 0 Å². The Labute approximate surface area is 65.4 Å². The van der Waals surface area contributed by atoms with Gasteiger partial charge in [0.15, 0.2) is 0 Å². The molecule has 0 fully saturated rings. The molecule has 0 unspecified atom stereocenters. The maximum Gasteiger partial charge on any atom is 0.209 e. The van der Waals surface area contributed by atoms with Gasteiger partial charge in [-0.3, -0.25) is 0 Å². The van der Waals surface area contributed by atoms with Crippen molar-refractivity contribution in [1.29, 1.82) is 0 Å². The van der Waals surface area contributed by atoms with E-state index in [2.05, 4.69) is 0 Å². The van der Waals surface area contributed by atoms with Crippen molar-refractivity contribution in [2.24, 2.45) is 0 Å². The average Bonchev–Trinajstić information content (AvgIpc) is 1.69. The van der Waals surface area contributed by atoms with Crippen LogP contribution in [0.15, 0.2) is 0 Å². The molecule has 0 spiro atoms. The molecule has 0 saturated carbocycles. The summed E-state index contributed by atoms with van der Waals surface area (Å²) in [6.07, 6.45) is 0. The zero-order valence-electron chi connectivity index (χ0n) is 5.31. The molecular weight excluding hydrogens is 140 g/mol. The van der Waals surface area contributed by atoms with E-state index in [9.17, 15) is 0 Å². The molecule has 0 N–H and O–H groups in total. The third-order valence-corrected chi connectivity index (χ3v) is 0.469. The summed E-state index contributed by atoms with van der Waals surface area (Å²) in [6.45, 7) is 6.55. The molecule has 0 atom stereocenters. The topological polar surface area (TPSA) is 18.5 Å². The van der Waals surface area contributed by atoms with Crippen molar-refractivity contribution < 1.29 is 31.2 Å². The van der Waals surface area contributed by atoms with Crippen LogP contribution in [0.1, 0.15) is 13.8 Å². The minimum absolute atomic E-state index is 0. The van der Waals surface area contributed by atoms with Crippen molar-refractivity contribution in [2.45, 2.75) is 13.8 Å². The van der Waals surface area contributed by atoms with Crippen LogP contribution in [0, 0.1) is 6.79 Å². The predicted molar refractivity (Wildman–Crippen MR) is 27.6 cm³/mol. The first-order valence-corrected chi connectivity index (χ1v) is 2.46. The van der Waals surface area contributed by atoms with Crippen molar-refractivity contribution >= 4 is 0 Å². The first-order chi connectivity index (χ1) is 3.41. The smallest absolute Gasteiger partial charge is 0.209 e. The van der Waals surface area contributed by atoms with Gasteiger partial charge in [0.25, 0.3) is 0 Å². The molecule has 0 aliphatic rings. The molecule has 0 heterocycles. The largest absolute Gasteiger partial charge is 0.348 e. The summed E-state index contributed by atoms with van der Waals surface area (Å²) in [5.74, 6) is 0. The quantitative estimate of drug-likeness (QED) is 0.443. The fourth-order valence-electron chi connectivity index (χ4n) is 0.184. The number of rotatable bonds is 4. The molecule has 0 aliphatic heterocycles. The van der Waals surface area contributed by atoms with E-state index in [1.165, 1.54) is 6.79 Å². The second kappa shape index (κ2) is 10.6. The molecular formula is C5H11O2Ti. The third-order valence-electron chi connectivity index (χ3n) is 0.469. The zero-order chi connectivity index (χ0) is 5.54. The van der Waals surface area contributed by atoms with Crippen molar-refractivity contribution in [3.05, 3.63) is 6.79 Å². The SMILES string of the molecule is CCO[CH]OCC.[Ti]. The molecule has 0 aromatic carbocycles. The molecule has 2 nitrogen and oxygen atoms in total.